The van der Waals surface area contributed by atoms with Gasteiger partial charge >= 0.3 is 0 Å². The van der Waals surface area contributed by atoms with Crippen LogP contribution in [0.25, 0.3) is 44.8 Å². The van der Waals surface area contributed by atoms with E-state index in [0.29, 0.717) is 5.75 Å². The normalized spacial score (nSPS) is 11.1. The van der Waals surface area contributed by atoms with E-state index in [1.54, 1.807) is 18.6 Å². The molecule has 0 amide bonds. The van der Waals surface area contributed by atoms with Crippen molar-refractivity contribution in [2.75, 3.05) is 7.11 Å². The fourth-order valence-electron chi connectivity index (χ4n) is 3.41. The maximum Gasteiger partial charge on any atom is 0.127 e. The Kier molecular flexibility index (Phi) is 4.05. The minimum Gasteiger partial charge on any atom is -0.497 e. The monoisotopic (exact) mass is 385 g/mol. The molecule has 0 fully saturated rings. The van der Waals surface area contributed by atoms with Gasteiger partial charge in [-0.15, -0.1) is 0 Å². The van der Waals surface area contributed by atoms with Gasteiger partial charge in [0.05, 0.1) is 24.7 Å². The smallest absolute Gasteiger partial charge is 0.127 e. The number of hydrogen-bond donors (Lipinski definition) is 2. The second-order valence-corrected chi connectivity index (χ2v) is 6.59. The topological polar surface area (TPSA) is 79.5 Å². The first-order valence-corrected chi connectivity index (χ1v) is 9.00. The van der Waals surface area contributed by atoms with Crippen molar-refractivity contribution in [3.05, 3.63) is 72.9 Å². The molecule has 0 aliphatic carbocycles. The average Bonchev–Trinajstić information content (AvgIpc) is 3.40. The number of rotatable bonds is 4. The molecule has 7 heteroatoms. The van der Waals surface area contributed by atoms with Crippen molar-refractivity contribution in [3.8, 4) is 39.7 Å². The number of aromatic amines is 2. The number of fused-ring (bicyclic) bond motifs is 1. The molecule has 3 heterocycles. The number of aromatic nitrogens is 5. The first-order chi connectivity index (χ1) is 14.2. The molecule has 29 heavy (non-hydrogen) atoms. The van der Waals surface area contributed by atoms with Crippen molar-refractivity contribution >= 4 is 10.9 Å². The molecule has 0 bridgehead atoms. The molecule has 0 aliphatic heterocycles. The molecule has 2 N–H and O–H groups in total. The quantitative estimate of drug-likeness (QED) is 0.464. The van der Waals surface area contributed by atoms with Crippen molar-refractivity contribution in [3.63, 3.8) is 0 Å². The predicted molar refractivity (Wildman–Crippen MR) is 109 cm³/mol. The van der Waals surface area contributed by atoms with Gasteiger partial charge in [-0.3, -0.25) is 15.1 Å². The average molecular weight is 385 g/mol. The molecule has 0 unspecified atom stereocenters. The van der Waals surface area contributed by atoms with E-state index in [4.69, 9.17) is 4.74 Å². The third kappa shape index (κ3) is 3.12. The summed E-state index contributed by atoms with van der Waals surface area (Å²) in [6, 6.07) is 14.5. The van der Waals surface area contributed by atoms with Gasteiger partial charge in [0, 0.05) is 29.4 Å². The van der Waals surface area contributed by atoms with E-state index in [1.165, 1.54) is 19.2 Å². The van der Waals surface area contributed by atoms with E-state index in [-0.39, 0.29) is 5.82 Å². The van der Waals surface area contributed by atoms with Crippen molar-refractivity contribution < 1.29 is 9.13 Å². The SMILES string of the molecule is COc1cc(F)cc(-c2cccc3[nH]c(-c4cc(-c5cnccn5)[nH]n4)cc23)c1. The number of nitrogens with one attached hydrogen (secondary N) is 2. The summed E-state index contributed by atoms with van der Waals surface area (Å²) in [6.07, 6.45) is 4.94. The van der Waals surface area contributed by atoms with Gasteiger partial charge in [-0.05, 0) is 41.5 Å². The molecule has 5 rings (SSSR count). The standard InChI is InChI=1S/C22H16FN5O/c1-29-15-8-13(7-14(23)9-15)16-3-2-4-18-17(16)10-19(26-18)20-11-21(28-27-20)22-12-24-5-6-25-22/h2-12,26H,1H3,(H,27,28). The van der Waals surface area contributed by atoms with Crippen LogP contribution in [0.3, 0.4) is 0 Å². The van der Waals surface area contributed by atoms with Crippen LogP contribution in [-0.2, 0) is 0 Å². The maximum absolute atomic E-state index is 14.0. The molecule has 0 atom stereocenters. The molecule has 0 saturated carbocycles. The van der Waals surface area contributed by atoms with E-state index in [0.717, 1.165) is 44.8 Å². The Balaban J connectivity index is 1.60. The minimum atomic E-state index is -0.340. The zero-order valence-corrected chi connectivity index (χ0v) is 15.5. The Morgan fingerprint density at radius 1 is 0.966 bits per heavy atom. The van der Waals surface area contributed by atoms with Crippen LogP contribution >= 0.6 is 0 Å². The molecule has 0 saturated heterocycles. The molecule has 2 aromatic carbocycles. The summed E-state index contributed by atoms with van der Waals surface area (Å²) in [5.41, 5.74) is 5.70. The van der Waals surface area contributed by atoms with E-state index in [9.17, 15) is 4.39 Å². The molecular weight excluding hydrogens is 369 g/mol. The highest BCUT2D eigenvalue weighted by Gasteiger charge is 2.13. The molecule has 0 radical (unpaired) electrons. The molecular formula is C22H16FN5O. The van der Waals surface area contributed by atoms with Crippen molar-refractivity contribution in [1.82, 2.24) is 25.1 Å². The first-order valence-electron chi connectivity index (χ1n) is 9.00. The summed E-state index contributed by atoms with van der Waals surface area (Å²) in [6.45, 7) is 0. The van der Waals surface area contributed by atoms with Gasteiger partial charge in [0.25, 0.3) is 0 Å². The van der Waals surface area contributed by atoms with Gasteiger partial charge in [0.2, 0.25) is 0 Å². The fourth-order valence-corrected chi connectivity index (χ4v) is 3.41. The van der Waals surface area contributed by atoms with E-state index in [2.05, 4.69) is 25.1 Å². The lowest BCUT2D eigenvalue weighted by Gasteiger charge is -2.07. The highest BCUT2D eigenvalue weighted by atomic mass is 19.1. The largest absolute Gasteiger partial charge is 0.497 e. The second-order valence-electron chi connectivity index (χ2n) is 6.59. The maximum atomic E-state index is 14.0. The van der Waals surface area contributed by atoms with E-state index >= 15 is 0 Å². The lowest BCUT2D eigenvalue weighted by Crippen LogP contribution is -1.87. The van der Waals surface area contributed by atoms with E-state index in [1.807, 2.05) is 36.4 Å². The van der Waals surface area contributed by atoms with Gasteiger partial charge in [-0.2, -0.15) is 5.10 Å². The Labute approximate surface area is 165 Å². The summed E-state index contributed by atoms with van der Waals surface area (Å²) >= 11 is 0. The van der Waals surface area contributed by atoms with Crippen molar-refractivity contribution in [2.45, 2.75) is 0 Å². The zero-order chi connectivity index (χ0) is 19.8. The third-order valence-electron chi connectivity index (χ3n) is 4.78. The summed E-state index contributed by atoms with van der Waals surface area (Å²) < 4.78 is 19.2. The van der Waals surface area contributed by atoms with Crippen LogP contribution in [0, 0.1) is 5.82 Å². The second kappa shape index (κ2) is 6.87. The van der Waals surface area contributed by atoms with Gasteiger partial charge < -0.3 is 9.72 Å². The third-order valence-corrected chi connectivity index (χ3v) is 4.78. The summed E-state index contributed by atoms with van der Waals surface area (Å²) in [5.74, 6) is 0.140. The summed E-state index contributed by atoms with van der Waals surface area (Å²) in [4.78, 5) is 11.8. The van der Waals surface area contributed by atoms with Gasteiger partial charge in [0.1, 0.15) is 23.0 Å². The van der Waals surface area contributed by atoms with Crippen LogP contribution in [0.4, 0.5) is 4.39 Å². The molecule has 3 aromatic heterocycles. The van der Waals surface area contributed by atoms with Crippen LogP contribution in [0.2, 0.25) is 0 Å². The number of methoxy groups -OCH3 is 1. The summed E-state index contributed by atoms with van der Waals surface area (Å²) in [5, 5.41) is 8.36. The number of nitrogens with zero attached hydrogens (tertiary/aromatic N) is 3. The molecule has 142 valence electrons. The molecule has 0 spiro atoms. The van der Waals surface area contributed by atoms with E-state index < -0.39 is 0 Å². The molecule has 5 aromatic rings. The number of benzene rings is 2. The number of hydrogen-bond acceptors (Lipinski definition) is 4. The first kappa shape index (κ1) is 17.1. The van der Waals surface area contributed by atoms with Crippen LogP contribution in [0.1, 0.15) is 0 Å². The van der Waals surface area contributed by atoms with Crippen LogP contribution in [0.5, 0.6) is 5.75 Å². The number of halogens is 1. The zero-order valence-electron chi connectivity index (χ0n) is 15.5. The number of H-pyrrole nitrogens is 2. The summed E-state index contributed by atoms with van der Waals surface area (Å²) in [7, 11) is 1.53. The minimum absolute atomic E-state index is 0.340. The Bertz CT molecular complexity index is 1310. The van der Waals surface area contributed by atoms with Crippen molar-refractivity contribution in [1.29, 1.82) is 0 Å². The predicted octanol–water partition coefficient (Wildman–Crippen LogP) is 4.83. The lowest BCUT2D eigenvalue weighted by atomic mass is 10.0. The van der Waals surface area contributed by atoms with Crippen LogP contribution in [-0.4, -0.2) is 32.3 Å². The fraction of sp³-hybridized carbons (Fsp3) is 0.0455. The van der Waals surface area contributed by atoms with Crippen LogP contribution < -0.4 is 4.74 Å². The van der Waals surface area contributed by atoms with Gasteiger partial charge in [-0.25, -0.2) is 4.39 Å². The van der Waals surface area contributed by atoms with Crippen LogP contribution in [0.15, 0.2) is 67.1 Å². The number of ether oxygens (including phenoxy) is 1. The Hall–Kier alpha value is -4.00. The lowest BCUT2D eigenvalue weighted by molar-refractivity contribution is 0.411. The highest BCUT2D eigenvalue weighted by Crippen LogP contribution is 2.34. The molecule has 0 aliphatic rings. The van der Waals surface area contributed by atoms with Gasteiger partial charge in [-0.1, -0.05) is 12.1 Å². The van der Waals surface area contributed by atoms with Gasteiger partial charge in [0.15, 0.2) is 0 Å². The van der Waals surface area contributed by atoms with Crippen molar-refractivity contribution in [2.24, 2.45) is 0 Å². The molecule has 6 nitrogen and oxygen atoms in total. The Morgan fingerprint density at radius 3 is 2.72 bits per heavy atom. The Morgan fingerprint density at radius 2 is 1.90 bits per heavy atom. The highest BCUT2D eigenvalue weighted by molar-refractivity contribution is 5.98.